The van der Waals surface area contributed by atoms with E-state index in [1.165, 1.54) is 89.9 Å². The predicted octanol–water partition coefficient (Wildman–Crippen LogP) is 15.8. The number of hydrogen-bond donors (Lipinski definition) is 3. The highest BCUT2D eigenvalue weighted by Crippen LogP contribution is 2.45. The predicted molar refractivity (Wildman–Crippen MR) is 308 cm³/mol. The summed E-state index contributed by atoms with van der Waals surface area (Å²) >= 11 is 0. The molecule has 2 unspecified atom stereocenters. The highest BCUT2D eigenvalue weighted by atomic mass is 31.2. The third-order valence-electron chi connectivity index (χ3n) is 13.5. The Kier molecular flexibility index (Phi) is 51.8. The van der Waals surface area contributed by atoms with E-state index in [-0.39, 0.29) is 25.7 Å². The van der Waals surface area contributed by atoms with Gasteiger partial charge < -0.3 is 33.8 Å². The van der Waals surface area contributed by atoms with Gasteiger partial charge in [-0.25, -0.2) is 9.13 Å². The molecular formula is C59H114O17P2. The van der Waals surface area contributed by atoms with E-state index in [1.807, 2.05) is 0 Å². The average Bonchev–Trinajstić information content (AvgIpc) is 3.40. The van der Waals surface area contributed by atoms with Gasteiger partial charge in [-0.05, 0) is 31.6 Å². The maximum atomic E-state index is 12.9. The number of carbonyl (C=O) groups excluding carboxylic acids is 4. The number of rotatable bonds is 59. The molecule has 0 fully saturated rings. The Labute approximate surface area is 473 Å². The van der Waals surface area contributed by atoms with Crippen molar-refractivity contribution < 1.29 is 80.2 Å². The molecule has 3 N–H and O–H groups in total. The van der Waals surface area contributed by atoms with Gasteiger partial charge in [0.05, 0.1) is 26.4 Å². The van der Waals surface area contributed by atoms with Gasteiger partial charge in [0.15, 0.2) is 12.2 Å². The molecule has 0 aliphatic heterocycles. The summed E-state index contributed by atoms with van der Waals surface area (Å²) < 4.78 is 67.6. The fourth-order valence-electron chi connectivity index (χ4n) is 8.70. The van der Waals surface area contributed by atoms with Gasteiger partial charge in [0.25, 0.3) is 0 Å². The van der Waals surface area contributed by atoms with Crippen LogP contribution in [0.2, 0.25) is 0 Å². The van der Waals surface area contributed by atoms with Crippen molar-refractivity contribution in [1.82, 2.24) is 0 Å². The average molecular weight is 1160 g/mol. The fraction of sp³-hybridized carbons (Fsp3) is 0.932. The minimum absolute atomic E-state index is 0.103. The van der Waals surface area contributed by atoms with Crippen LogP contribution < -0.4 is 0 Å². The van der Waals surface area contributed by atoms with Crippen LogP contribution in [0, 0.1) is 5.92 Å². The van der Waals surface area contributed by atoms with Crippen LogP contribution in [0.4, 0.5) is 0 Å². The van der Waals surface area contributed by atoms with Crippen LogP contribution in [0.3, 0.4) is 0 Å². The van der Waals surface area contributed by atoms with E-state index in [0.29, 0.717) is 25.7 Å². The standard InChI is InChI=1S/C59H114O17P2/c1-6-9-12-15-18-19-20-21-24-29-33-38-43-57(62)70-49-55(76-59(64)45-40-35-30-25-22-23-28-31-36-41-52(4)5)51-74-78(67,68)72-47-53(60)46-71-77(65,66)73-50-54(75-58(63)44-39-34-27-17-14-11-8-3)48-69-56(61)42-37-32-26-16-13-10-7-2/h52-55,60H,6-51H2,1-5H3,(H,65,66)(H,67,68)/t53-,54+,55+/m0/s1. The smallest absolute Gasteiger partial charge is 0.462 e. The zero-order chi connectivity index (χ0) is 57.8. The minimum Gasteiger partial charge on any atom is -0.462 e. The second-order valence-electron chi connectivity index (χ2n) is 21.9. The molecule has 0 bridgehead atoms. The normalized spacial score (nSPS) is 14.4. The van der Waals surface area contributed by atoms with E-state index >= 15 is 0 Å². The first-order valence-corrected chi connectivity index (χ1v) is 34.1. The topological polar surface area (TPSA) is 237 Å². The molecule has 0 aliphatic rings. The summed E-state index contributed by atoms with van der Waals surface area (Å²) in [6.07, 6.45) is 35.0. The molecule has 19 heteroatoms. The molecule has 0 heterocycles. The lowest BCUT2D eigenvalue weighted by atomic mass is 10.0. The first kappa shape index (κ1) is 76.1. The Morgan fingerprint density at radius 2 is 0.590 bits per heavy atom. The Balaban J connectivity index is 5.19. The lowest BCUT2D eigenvalue weighted by molar-refractivity contribution is -0.161. The Hall–Kier alpha value is -1.94. The van der Waals surface area contributed by atoms with Crippen LogP contribution in [0.1, 0.15) is 291 Å². The summed E-state index contributed by atoms with van der Waals surface area (Å²) in [5.41, 5.74) is 0. The van der Waals surface area contributed by atoms with Crippen LogP contribution in [0.15, 0.2) is 0 Å². The molecule has 0 radical (unpaired) electrons. The van der Waals surface area contributed by atoms with E-state index in [9.17, 15) is 43.2 Å². The van der Waals surface area contributed by atoms with Gasteiger partial charge in [-0.2, -0.15) is 0 Å². The largest absolute Gasteiger partial charge is 0.472 e. The molecule has 0 saturated carbocycles. The third-order valence-corrected chi connectivity index (χ3v) is 15.4. The number of phosphoric acid groups is 2. The van der Waals surface area contributed by atoms with E-state index in [1.54, 1.807) is 0 Å². The lowest BCUT2D eigenvalue weighted by Gasteiger charge is -2.21. The number of phosphoric ester groups is 2. The van der Waals surface area contributed by atoms with E-state index < -0.39 is 97.5 Å². The van der Waals surface area contributed by atoms with Crippen molar-refractivity contribution in [2.24, 2.45) is 5.92 Å². The maximum Gasteiger partial charge on any atom is 0.472 e. The van der Waals surface area contributed by atoms with Crippen LogP contribution in [-0.2, 0) is 65.4 Å². The zero-order valence-corrected chi connectivity index (χ0v) is 51.6. The van der Waals surface area contributed by atoms with Crippen molar-refractivity contribution in [2.75, 3.05) is 39.6 Å². The fourth-order valence-corrected chi connectivity index (χ4v) is 10.3. The first-order valence-electron chi connectivity index (χ1n) is 31.1. The summed E-state index contributed by atoms with van der Waals surface area (Å²) in [6, 6.07) is 0. The number of ether oxygens (including phenoxy) is 4. The number of esters is 4. The van der Waals surface area contributed by atoms with Crippen molar-refractivity contribution in [3.8, 4) is 0 Å². The van der Waals surface area contributed by atoms with Crippen molar-refractivity contribution in [3.05, 3.63) is 0 Å². The Morgan fingerprint density at radius 3 is 0.872 bits per heavy atom. The number of hydrogen-bond acceptors (Lipinski definition) is 15. The minimum atomic E-state index is -4.94. The SMILES string of the molecule is CCCCCCCCCCCCCCC(=O)OC[C@H](COP(=O)(O)OC[C@@H](O)COP(=O)(O)OC[C@@H](COC(=O)CCCCCCCCC)OC(=O)CCCCCCCCC)OC(=O)CCCCCCCCCCCC(C)C. The molecule has 17 nitrogen and oxygen atoms in total. The zero-order valence-electron chi connectivity index (χ0n) is 49.8. The highest BCUT2D eigenvalue weighted by molar-refractivity contribution is 7.47. The summed E-state index contributed by atoms with van der Waals surface area (Å²) in [7, 11) is -9.87. The second kappa shape index (κ2) is 53.1. The van der Waals surface area contributed by atoms with Gasteiger partial charge in [0, 0.05) is 25.7 Å². The number of unbranched alkanes of at least 4 members (excludes halogenated alkanes) is 31. The van der Waals surface area contributed by atoms with Gasteiger partial charge in [-0.1, -0.05) is 240 Å². The third kappa shape index (κ3) is 53.4. The lowest BCUT2D eigenvalue weighted by Crippen LogP contribution is -2.30. The van der Waals surface area contributed by atoms with E-state index in [2.05, 4.69) is 34.6 Å². The molecule has 78 heavy (non-hydrogen) atoms. The molecule has 0 rings (SSSR count). The van der Waals surface area contributed by atoms with Gasteiger partial charge in [-0.3, -0.25) is 37.3 Å². The van der Waals surface area contributed by atoms with Crippen LogP contribution in [0.25, 0.3) is 0 Å². The molecular weight excluding hydrogens is 1040 g/mol. The molecule has 0 saturated heterocycles. The van der Waals surface area contributed by atoms with Crippen LogP contribution in [-0.4, -0.2) is 96.7 Å². The van der Waals surface area contributed by atoms with Crippen molar-refractivity contribution >= 4 is 39.5 Å². The van der Waals surface area contributed by atoms with Crippen molar-refractivity contribution in [3.63, 3.8) is 0 Å². The molecule has 0 amide bonds. The maximum absolute atomic E-state index is 12.9. The van der Waals surface area contributed by atoms with Crippen molar-refractivity contribution in [2.45, 2.75) is 310 Å². The summed E-state index contributed by atoms with van der Waals surface area (Å²) in [5, 5.41) is 10.5. The molecule has 5 atom stereocenters. The summed E-state index contributed by atoms with van der Waals surface area (Å²) in [5.74, 6) is -1.41. The summed E-state index contributed by atoms with van der Waals surface area (Å²) in [6.45, 7) is 7.05. The van der Waals surface area contributed by atoms with Gasteiger partial charge in [0.2, 0.25) is 0 Å². The first-order chi connectivity index (χ1) is 37.5. The van der Waals surface area contributed by atoms with E-state index in [0.717, 1.165) is 121 Å². The van der Waals surface area contributed by atoms with Gasteiger partial charge in [-0.15, -0.1) is 0 Å². The Morgan fingerprint density at radius 1 is 0.346 bits per heavy atom. The number of carbonyl (C=O) groups is 4. The van der Waals surface area contributed by atoms with Crippen molar-refractivity contribution in [1.29, 1.82) is 0 Å². The summed E-state index contributed by atoms with van der Waals surface area (Å²) in [4.78, 5) is 71.7. The Bertz CT molecular complexity index is 1530. The van der Waals surface area contributed by atoms with E-state index in [4.69, 9.17) is 37.0 Å². The molecule has 0 aromatic rings. The van der Waals surface area contributed by atoms with Gasteiger partial charge >= 0.3 is 39.5 Å². The quantitative estimate of drug-likeness (QED) is 0.0222. The van der Waals surface area contributed by atoms with Gasteiger partial charge in [0.1, 0.15) is 19.3 Å². The monoisotopic (exact) mass is 1160 g/mol. The molecule has 0 aromatic carbocycles. The molecule has 0 spiro atoms. The van der Waals surface area contributed by atoms with Crippen LogP contribution >= 0.6 is 15.6 Å². The molecule has 0 aliphatic carbocycles. The second-order valence-corrected chi connectivity index (χ2v) is 24.8. The van der Waals surface area contributed by atoms with Crippen LogP contribution in [0.5, 0.6) is 0 Å². The number of aliphatic hydroxyl groups is 1. The highest BCUT2D eigenvalue weighted by Gasteiger charge is 2.30. The molecule has 462 valence electrons. The number of aliphatic hydroxyl groups excluding tert-OH is 1. The molecule has 0 aromatic heterocycles.